The van der Waals surface area contributed by atoms with Crippen molar-refractivity contribution in [3.05, 3.63) is 0 Å². The summed E-state index contributed by atoms with van der Waals surface area (Å²) in [6.45, 7) is 8.57. The van der Waals surface area contributed by atoms with E-state index in [1.54, 1.807) is 0 Å². The number of nitrogens with one attached hydrogen (secondary N) is 1. The molecule has 0 amide bonds. The molecule has 2 heteroatoms. The monoisotopic (exact) mass is 239 g/mol. The van der Waals surface area contributed by atoms with Crippen molar-refractivity contribution in [2.45, 2.75) is 65.0 Å². The molecule has 0 heterocycles. The van der Waals surface area contributed by atoms with Gasteiger partial charge >= 0.3 is 0 Å². The molecule has 2 saturated carbocycles. The van der Waals surface area contributed by atoms with Crippen molar-refractivity contribution in [3.8, 4) is 0 Å². The van der Waals surface area contributed by atoms with E-state index in [1.165, 1.54) is 32.1 Å². The molecule has 2 rings (SSSR count). The third kappa shape index (κ3) is 3.45. The Hall–Kier alpha value is -0.0800. The van der Waals surface area contributed by atoms with Crippen molar-refractivity contribution < 1.29 is 4.74 Å². The highest BCUT2D eigenvalue weighted by Gasteiger charge is 2.53. The molecular weight excluding hydrogens is 210 g/mol. The highest BCUT2D eigenvalue weighted by Crippen LogP contribution is 2.56. The number of hydrogen-bond donors (Lipinski definition) is 1. The quantitative estimate of drug-likeness (QED) is 0.736. The van der Waals surface area contributed by atoms with Crippen LogP contribution in [0.3, 0.4) is 0 Å². The molecule has 100 valence electrons. The van der Waals surface area contributed by atoms with Gasteiger partial charge in [-0.1, -0.05) is 19.8 Å². The molecular formula is C15H29NO. The summed E-state index contributed by atoms with van der Waals surface area (Å²) in [5, 5.41) is 3.72. The van der Waals surface area contributed by atoms with E-state index in [2.05, 4.69) is 26.1 Å². The first-order valence-electron chi connectivity index (χ1n) is 7.59. The van der Waals surface area contributed by atoms with Crippen LogP contribution in [-0.4, -0.2) is 25.3 Å². The van der Waals surface area contributed by atoms with Gasteiger partial charge in [-0.15, -0.1) is 0 Å². The minimum absolute atomic E-state index is 0.363. The van der Waals surface area contributed by atoms with Crippen molar-refractivity contribution in [1.82, 2.24) is 5.32 Å². The molecule has 2 fully saturated rings. The second-order valence-electron chi connectivity index (χ2n) is 6.13. The Morgan fingerprint density at radius 3 is 2.35 bits per heavy atom. The van der Waals surface area contributed by atoms with Crippen molar-refractivity contribution >= 4 is 0 Å². The number of hydrogen-bond acceptors (Lipinski definition) is 2. The number of ether oxygens (including phenoxy) is 1. The van der Waals surface area contributed by atoms with Gasteiger partial charge in [0.25, 0.3) is 0 Å². The van der Waals surface area contributed by atoms with Gasteiger partial charge in [-0.3, -0.25) is 0 Å². The van der Waals surface area contributed by atoms with Crippen molar-refractivity contribution in [1.29, 1.82) is 0 Å². The summed E-state index contributed by atoms with van der Waals surface area (Å²) in [5.74, 6) is 2.96. The zero-order chi connectivity index (χ0) is 12.3. The largest absolute Gasteiger partial charge is 0.377 e. The fourth-order valence-electron chi connectivity index (χ4n) is 3.58. The van der Waals surface area contributed by atoms with Crippen LogP contribution in [-0.2, 0) is 4.74 Å². The molecule has 0 aromatic heterocycles. The lowest BCUT2D eigenvalue weighted by atomic mass is 10.0. The van der Waals surface area contributed by atoms with E-state index < -0.39 is 0 Å². The van der Waals surface area contributed by atoms with Gasteiger partial charge in [0.2, 0.25) is 0 Å². The third-order valence-corrected chi connectivity index (χ3v) is 4.45. The van der Waals surface area contributed by atoms with E-state index in [-0.39, 0.29) is 0 Å². The molecule has 0 aromatic rings. The molecule has 3 unspecified atom stereocenters. The molecule has 1 N–H and O–H groups in total. The van der Waals surface area contributed by atoms with Crippen molar-refractivity contribution in [2.75, 3.05) is 13.2 Å². The van der Waals surface area contributed by atoms with Crippen molar-refractivity contribution in [3.63, 3.8) is 0 Å². The fraction of sp³-hybridized carbons (Fsp3) is 1.00. The Balaban J connectivity index is 1.82. The van der Waals surface area contributed by atoms with Crippen LogP contribution in [0.25, 0.3) is 0 Å². The molecule has 17 heavy (non-hydrogen) atoms. The smallest absolute Gasteiger partial charge is 0.0626 e. The average molecular weight is 239 g/mol. The lowest BCUT2D eigenvalue weighted by Gasteiger charge is -2.20. The summed E-state index contributed by atoms with van der Waals surface area (Å²) in [7, 11) is 0. The summed E-state index contributed by atoms with van der Waals surface area (Å²) < 4.78 is 5.85. The minimum atomic E-state index is 0.363. The van der Waals surface area contributed by atoms with E-state index in [9.17, 15) is 0 Å². The maximum absolute atomic E-state index is 5.85. The summed E-state index contributed by atoms with van der Waals surface area (Å²) in [5.41, 5.74) is 0. The average Bonchev–Trinajstić information content (AvgIpc) is 3.03. The molecule has 2 aliphatic carbocycles. The van der Waals surface area contributed by atoms with Gasteiger partial charge in [0.05, 0.1) is 12.7 Å². The van der Waals surface area contributed by atoms with Crippen LogP contribution >= 0.6 is 0 Å². The van der Waals surface area contributed by atoms with E-state index >= 15 is 0 Å². The molecule has 2 nitrogen and oxygen atoms in total. The number of rotatable bonds is 7. The second-order valence-corrected chi connectivity index (χ2v) is 6.13. The topological polar surface area (TPSA) is 21.3 Å². The van der Waals surface area contributed by atoms with E-state index in [0.717, 1.165) is 30.9 Å². The molecule has 0 bridgehead atoms. The van der Waals surface area contributed by atoms with Crippen LogP contribution in [0, 0.1) is 17.8 Å². The zero-order valence-corrected chi connectivity index (χ0v) is 11.7. The van der Waals surface area contributed by atoms with Gasteiger partial charge in [0.15, 0.2) is 0 Å². The first-order chi connectivity index (χ1) is 8.24. The van der Waals surface area contributed by atoms with Gasteiger partial charge in [0, 0.05) is 6.04 Å². The van der Waals surface area contributed by atoms with Gasteiger partial charge < -0.3 is 10.1 Å². The second kappa shape index (κ2) is 6.19. The maximum atomic E-state index is 5.85. The van der Waals surface area contributed by atoms with Gasteiger partial charge in [-0.05, 0) is 57.4 Å². The first-order valence-corrected chi connectivity index (χ1v) is 7.59. The molecule has 3 atom stereocenters. The predicted molar refractivity (Wildman–Crippen MR) is 72.1 cm³/mol. The maximum Gasteiger partial charge on any atom is 0.0626 e. The molecule has 0 saturated heterocycles. The normalized spacial score (nSPS) is 33.5. The summed E-state index contributed by atoms with van der Waals surface area (Å²) in [6, 6.07) is 0.616. The summed E-state index contributed by atoms with van der Waals surface area (Å²) in [4.78, 5) is 0. The molecule has 0 aliphatic heterocycles. The Morgan fingerprint density at radius 2 is 1.82 bits per heavy atom. The van der Waals surface area contributed by atoms with Crippen LogP contribution in [0.1, 0.15) is 52.9 Å². The lowest BCUT2D eigenvalue weighted by Crippen LogP contribution is -2.37. The zero-order valence-electron chi connectivity index (χ0n) is 11.7. The molecule has 0 aromatic carbocycles. The summed E-state index contributed by atoms with van der Waals surface area (Å²) in [6.07, 6.45) is 7.46. The standard InChI is InChI=1S/C15H29NO/c1-4-9-16-14(10-17-11(2)3)15-12-7-5-6-8-13(12)15/h11-16H,4-10H2,1-3H3. The van der Waals surface area contributed by atoms with Crippen LogP contribution in [0.4, 0.5) is 0 Å². The highest BCUT2D eigenvalue weighted by molar-refractivity contribution is 5.04. The Bertz CT molecular complexity index is 217. The van der Waals surface area contributed by atoms with Gasteiger partial charge in [0.1, 0.15) is 0 Å². The number of fused-ring (bicyclic) bond motifs is 1. The van der Waals surface area contributed by atoms with Crippen molar-refractivity contribution in [2.24, 2.45) is 17.8 Å². The Morgan fingerprint density at radius 1 is 1.18 bits per heavy atom. The third-order valence-electron chi connectivity index (χ3n) is 4.45. The van der Waals surface area contributed by atoms with Crippen LogP contribution in [0.2, 0.25) is 0 Å². The minimum Gasteiger partial charge on any atom is -0.377 e. The van der Waals surface area contributed by atoms with Crippen LogP contribution in [0.5, 0.6) is 0 Å². The van der Waals surface area contributed by atoms with E-state index in [0.29, 0.717) is 12.1 Å². The van der Waals surface area contributed by atoms with Crippen LogP contribution < -0.4 is 5.32 Å². The molecule has 0 spiro atoms. The summed E-state index contributed by atoms with van der Waals surface area (Å²) >= 11 is 0. The van der Waals surface area contributed by atoms with Gasteiger partial charge in [-0.25, -0.2) is 0 Å². The Labute approximate surface area is 107 Å². The van der Waals surface area contributed by atoms with E-state index in [1.807, 2.05) is 0 Å². The lowest BCUT2D eigenvalue weighted by molar-refractivity contribution is 0.0548. The highest BCUT2D eigenvalue weighted by atomic mass is 16.5. The first kappa shape index (κ1) is 13.4. The van der Waals surface area contributed by atoms with Gasteiger partial charge in [-0.2, -0.15) is 0 Å². The molecule has 2 aliphatic rings. The van der Waals surface area contributed by atoms with Crippen LogP contribution in [0.15, 0.2) is 0 Å². The fourth-order valence-corrected chi connectivity index (χ4v) is 3.58. The predicted octanol–water partition coefficient (Wildman–Crippen LogP) is 3.22. The Kier molecular flexibility index (Phi) is 4.87. The molecule has 0 radical (unpaired) electrons. The SMILES string of the molecule is CCCNC(COC(C)C)C1C2CCCCC21. The van der Waals surface area contributed by atoms with E-state index in [4.69, 9.17) is 4.74 Å².